The van der Waals surface area contributed by atoms with Crippen molar-refractivity contribution >= 4 is 22.9 Å². The second kappa shape index (κ2) is 7.95. The highest BCUT2D eigenvalue weighted by Crippen LogP contribution is 2.34. The molecule has 0 bridgehead atoms. The molecule has 156 valence electrons. The topological polar surface area (TPSA) is 96.0 Å². The lowest BCUT2D eigenvalue weighted by Gasteiger charge is -2.10. The normalized spacial score (nSPS) is 10.8. The SMILES string of the molecule is CC(=O)Oc1c(C)c(-c2cc3cc(C(=O)Oc4ccccc4)ccc3o2)oc(=O)c1C. The van der Waals surface area contributed by atoms with Crippen LogP contribution in [0.4, 0.5) is 0 Å². The first-order valence-electron chi connectivity index (χ1n) is 9.47. The molecule has 0 spiro atoms. The highest BCUT2D eigenvalue weighted by Gasteiger charge is 2.21. The Morgan fingerprint density at radius 2 is 1.61 bits per heavy atom. The first-order valence-corrected chi connectivity index (χ1v) is 9.47. The first-order chi connectivity index (χ1) is 14.8. The van der Waals surface area contributed by atoms with Gasteiger partial charge in [-0.3, -0.25) is 4.79 Å². The number of hydrogen-bond donors (Lipinski definition) is 0. The van der Waals surface area contributed by atoms with Crippen molar-refractivity contribution in [3.63, 3.8) is 0 Å². The summed E-state index contributed by atoms with van der Waals surface area (Å²) in [6.45, 7) is 4.44. The van der Waals surface area contributed by atoms with Crippen LogP contribution in [-0.4, -0.2) is 11.9 Å². The molecule has 2 aromatic carbocycles. The molecule has 4 rings (SSSR count). The fourth-order valence-electron chi connectivity index (χ4n) is 3.19. The van der Waals surface area contributed by atoms with Gasteiger partial charge in [0.25, 0.3) is 0 Å². The van der Waals surface area contributed by atoms with Gasteiger partial charge in [-0.1, -0.05) is 18.2 Å². The van der Waals surface area contributed by atoms with Gasteiger partial charge in [0.05, 0.1) is 11.1 Å². The fourth-order valence-corrected chi connectivity index (χ4v) is 3.19. The second-order valence-electron chi connectivity index (χ2n) is 6.96. The second-order valence-corrected chi connectivity index (χ2v) is 6.96. The van der Waals surface area contributed by atoms with Gasteiger partial charge in [0.1, 0.15) is 17.1 Å². The molecule has 0 aliphatic heterocycles. The van der Waals surface area contributed by atoms with Crippen LogP contribution in [0.15, 0.2) is 68.2 Å². The minimum Gasteiger partial charge on any atom is -0.453 e. The quantitative estimate of drug-likeness (QED) is 0.346. The van der Waals surface area contributed by atoms with Crippen molar-refractivity contribution in [2.24, 2.45) is 0 Å². The van der Waals surface area contributed by atoms with E-state index in [1.54, 1.807) is 55.5 Å². The summed E-state index contributed by atoms with van der Waals surface area (Å²) in [6, 6.07) is 15.2. The van der Waals surface area contributed by atoms with Crippen molar-refractivity contribution in [1.29, 1.82) is 0 Å². The summed E-state index contributed by atoms with van der Waals surface area (Å²) in [5.41, 5.74) is 0.840. The van der Waals surface area contributed by atoms with E-state index in [0.717, 1.165) is 0 Å². The van der Waals surface area contributed by atoms with E-state index in [1.165, 1.54) is 13.8 Å². The summed E-state index contributed by atoms with van der Waals surface area (Å²) in [5, 5.41) is 0.620. The molecule has 0 radical (unpaired) electrons. The van der Waals surface area contributed by atoms with E-state index < -0.39 is 17.6 Å². The summed E-state index contributed by atoms with van der Waals surface area (Å²) < 4.78 is 21.8. The van der Waals surface area contributed by atoms with E-state index in [9.17, 15) is 14.4 Å². The molecule has 7 heteroatoms. The number of rotatable bonds is 4. The maximum Gasteiger partial charge on any atom is 0.343 e. The van der Waals surface area contributed by atoms with Crippen molar-refractivity contribution in [2.75, 3.05) is 0 Å². The molecule has 0 amide bonds. The van der Waals surface area contributed by atoms with Crippen LogP contribution in [0.3, 0.4) is 0 Å². The van der Waals surface area contributed by atoms with Crippen molar-refractivity contribution in [2.45, 2.75) is 20.8 Å². The minimum absolute atomic E-state index is 0.145. The fraction of sp³-hybridized carbons (Fsp3) is 0.125. The lowest BCUT2D eigenvalue weighted by Crippen LogP contribution is -2.12. The maximum atomic E-state index is 12.5. The van der Waals surface area contributed by atoms with Crippen LogP contribution in [0.5, 0.6) is 11.5 Å². The molecule has 0 fully saturated rings. The summed E-state index contributed by atoms with van der Waals surface area (Å²) in [4.78, 5) is 36.1. The molecule has 0 aliphatic carbocycles. The Morgan fingerprint density at radius 3 is 2.32 bits per heavy atom. The van der Waals surface area contributed by atoms with Crippen molar-refractivity contribution in [3.8, 4) is 23.0 Å². The molecular weight excluding hydrogens is 400 g/mol. The van der Waals surface area contributed by atoms with Gasteiger partial charge in [0, 0.05) is 17.9 Å². The molecule has 0 saturated carbocycles. The highest BCUT2D eigenvalue weighted by atomic mass is 16.5. The number of fused-ring (bicyclic) bond motifs is 1. The Balaban J connectivity index is 1.72. The molecule has 0 saturated heterocycles. The van der Waals surface area contributed by atoms with Crippen LogP contribution in [0.1, 0.15) is 28.4 Å². The molecule has 0 N–H and O–H groups in total. The zero-order chi connectivity index (χ0) is 22.1. The predicted octanol–water partition coefficient (Wildman–Crippen LogP) is 4.81. The maximum absolute atomic E-state index is 12.5. The largest absolute Gasteiger partial charge is 0.453 e. The Hall–Kier alpha value is -4.13. The lowest BCUT2D eigenvalue weighted by molar-refractivity contribution is -0.132. The molecule has 7 nitrogen and oxygen atoms in total. The Morgan fingerprint density at radius 1 is 0.871 bits per heavy atom. The number of furan rings is 1. The number of ether oxygens (including phenoxy) is 2. The summed E-state index contributed by atoms with van der Waals surface area (Å²) in [6.07, 6.45) is 0. The molecular formula is C24H18O7. The van der Waals surface area contributed by atoms with Gasteiger partial charge in [-0.2, -0.15) is 0 Å². The molecule has 2 heterocycles. The minimum atomic E-state index is -0.635. The van der Waals surface area contributed by atoms with Crippen LogP contribution in [0.25, 0.3) is 22.5 Å². The molecule has 2 aromatic heterocycles. The number of benzene rings is 2. The van der Waals surface area contributed by atoms with Gasteiger partial charge in [0.2, 0.25) is 0 Å². The third kappa shape index (κ3) is 3.98. The number of para-hydroxylation sites is 1. The van der Waals surface area contributed by atoms with Crippen molar-refractivity contribution < 1.29 is 27.9 Å². The number of carbonyl (C=O) groups is 2. The van der Waals surface area contributed by atoms with Gasteiger partial charge in [-0.25, -0.2) is 9.59 Å². The standard InChI is InChI=1S/C24H18O7/c1-13-21(28-15(3)25)14(2)23(26)31-22(13)20-12-17-11-16(9-10-19(17)30-20)24(27)29-18-7-5-4-6-8-18/h4-12H,1-3H3. The van der Waals surface area contributed by atoms with Crippen molar-refractivity contribution in [3.05, 3.63) is 81.7 Å². The number of hydrogen-bond acceptors (Lipinski definition) is 7. The number of esters is 2. The van der Waals surface area contributed by atoms with E-state index >= 15 is 0 Å². The van der Waals surface area contributed by atoms with Gasteiger partial charge >= 0.3 is 17.6 Å². The van der Waals surface area contributed by atoms with Crippen molar-refractivity contribution in [1.82, 2.24) is 0 Å². The third-order valence-corrected chi connectivity index (χ3v) is 4.70. The average Bonchev–Trinajstić information content (AvgIpc) is 3.17. The van der Waals surface area contributed by atoms with Gasteiger partial charge in [0.15, 0.2) is 11.5 Å². The molecule has 0 atom stereocenters. The van der Waals surface area contributed by atoms with Crippen LogP contribution in [-0.2, 0) is 4.79 Å². The van der Waals surface area contributed by atoms with Crippen LogP contribution < -0.4 is 15.1 Å². The number of carbonyl (C=O) groups excluding carboxylic acids is 2. The van der Waals surface area contributed by atoms with Gasteiger partial charge < -0.3 is 18.3 Å². The van der Waals surface area contributed by atoms with Crippen LogP contribution >= 0.6 is 0 Å². The van der Waals surface area contributed by atoms with Crippen LogP contribution in [0.2, 0.25) is 0 Å². The Bertz CT molecular complexity index is 1360. The Labute approximate surface area is 176 Å². The Kier molecular flexibility index (Phi) is 5.17. The monoisotopic (exact) mass is 418 g/mol. The molecule has 0 unspecified atom stereocenters. The zero-order valence-electron chi connectivity index (χ0n) is 17.1. The zero-order valence-corrected chi connectivity index (χ0v) is 17.1. The molecule has 4 aromatic rings. The predicted molar refractivity (Wildman–Crippen MR) is 112 cm³/mol. The van der Waals surface area contributed by atoms with Gasteiger partial charge in [-0.15, -0.1) is 0 Å². The van der Waals surface area contributed by atoms with E-state index in [2.05, 4.69) is 0 Å². The summed E-state index contributed by atoms with van der Waals surface area (Å²) in [7, 11) is 0. The lowest BCUT2D eigenvalue weighted by atomic mass is 10.1. The van der Waals surface area contributed by atoms with E-state index in [0.29, 0.717) is 27.8 Å². The van der Waals surface area contributed by atoms with Crippen LogP contribution in [0, 0.1) is 13.8 Å². The smallest absolute Gasteiger partial charge is 0.343 e. The molecule has 0 aliphatic rings. The van der Waals surface area contributed by atoms with E-state index in [-0.39, 0.29) is 22.8 Å². The first kappa shape index (κ1) is 20.2. The average molecular weight is 418 g/mol. The highest BCUT2D eigenvalue weighted by molar-refractivity contribution is 5.96. The molecule has 31 heavy (non-hydrogen) atoms. The summed E-state index contributed by atoms with van der Waals surface area (Å²) >= 11 is 0. The summed E-state index contributed by atoms with van der Waals surface area (Å²) in [5.74, 6) is -0.0510. The van der Waals surface area contributed by atoms with Gasteiger partial charge in [-0.05, 0) is 50.2 Å². The third-order valence-electron chi connectivity index (χ3n) is 4.70. The van der Waals surface area contributed by atoms with E-state index in [4.69, 9.17) is 18.3 Å². The van der Waals surface area contributed by atoms with E-state index in [1.807, 2.05) is 6.07 Å².